The molecule has 0 aliphatic rings. The molecule has 1 heterocycles. The van der Waals surface area contributed by atoms with Crippen LogP contribution >= 0.6 is 11.8 Å². The molecule has 20 heavy (non-hydrogen) atoms. The molecule has 0 saturated carbocycles. The molecule has 6 nitrogen and oxygen atoms in total. The smallest absolute Gasteiger partial charge is 0.185 e. The van der Waals surface area contributed by atoms with Gasteiger partial charge in [0, 0.05) is 19.3 Å². The summed E-state index contributed by atoms with van der Waals surface area (Å²) in [6.07, 6.45) is 1.45. The predicted octanol–water partition coefficient (Wildman–Crippen LogP) is 0.840. The topological polar surface area (TPSA) is 90.9 Å². The Morgan fingerprint density at radius 2 is 2.20 bits per heavy atom. The van der Waals surface area contributed by atoms with Crippen LogP contribution in [0.3, 0.4) is 0 Å². The van der Waals surface area contributed by atoms with E-state index in [9.17, 15) is 8.42 Å². The number of aromatic nitrogens is 3. The molecule has 0 saturated heterocycles. The van der Waals surface area contributed by atoms with Gasteiger partial charge in [0.2, 0.25) is 0 Å². The third kappa shape index (κ3) is 3.59. The van der Waals surface area contributed by atoms with Crippen molar-refractivity contribution in [2.45, 2.75) is 16.6 Å². The molecular weight excluding hydrogens is 296 g/mol. The first-order valence-electron chi connectivity index (χ1n) is 6.01. The summed E-state index contributed by atoms with van der Waals surface area (Å²) in [7, 11) is -1.52. The average Bonchev–Trinajstić information content (AvgIpc) is 2.84. The molecule has 2 aromatic rings. The highest BCUT2D eigenvalue weighted by Gasteiger charge is 2.15. The van der Waals surface area contributed by atoms with E-state index in [2.05, 4.69) is 10.1 Å². The van der Waals surface area contributed by atoms with E-state index >= 15 is 0 Å². The lowest BCUT2D eigenvalue weighted by Gasteiger charge is -2.06. The monoisotopic (exact) mass is 312 g/mol. The molecule has 2 rings (SSSR count). The summed E-state index contributed by atoms with van der Waals surface area (Å²) < 4.78 is 26.1. The number of rotatable bonds is 6. The first kappa shape index (κ1) is 15.0. The van der Waals surface area contributed by atoms with Crippen LogP contribution in [0.25, 0.3) is 0 Å². The number of hydrogen-bond acceptors (Lipinski definition) is 6. The Balaban J connectivity index is 2.02. The zero-order valence-corrected chi connectivity index (χ0v) is 12.7. The van der Waals surface area contributed by atoms with E-state index in [0.29, 0.717) is 22.3 Å². The SMILES string of the molecule is Cn1ncnc1SCCS(=O)(=O)c1cccc(CN)c1. The van der Waals surface area contributed by atoms with Crippen LogP contribution in [-0.2, 0) is 23.4 Å². The number of aryl methyl sites for hydroxylation is 1. The molecular formula is C12H16N4O2S2. The van der Waals surface area contributed by atoms with Crippen molar-refractivity contribution in [2.75, 3.05) is 11.5 Å². The summed E-state index contributed by atoms with van der Waals surface area (Å²) in [6.45, 7) is 0.330. The van der Waals surface area contributed by atoms with Crippen molar-refractivity contribution >= 4 is 21.6 Å². The quantitative estimate of drug-likeness (QED) is 0.795. The Kier molecular flexibility index (Phi) is 4.79. The highest BCUT2D eigenvalue weighted by Crippen LogP contribution is 2.18. The maximum Gasteiger partial charge on any atom is 0.185 e. The average molecular weight is 312 g/mol. The Bertz CT molecular complexity index is 682. The van der Waals surface area contributed by atoms with Crippen LogP contribution in [-0.4, -0.2) is 34.7 Å². The number of nitrogens with zero attached hydrogens (tertiary/aromatic N) is 3. The molecule has 8 heteroatoms. The van der Waals surface area contributed by atoms with Crippen LogP contribution in [0.5, 0.6) is 0 Å². The summed E-state index contributed by atoms with van der Waals surface area (Å²) in [5.41, 5.74) is 6.34. The van der Waals surface area contributed by atoms with Crippen molar-refractivity contribution in [3.63, 3.8) is 0 Å². The summed E-state index contributed by atoms with van der Waals surface area (Å²) in [4.78, 5) is 4.36. The Labute approximate surface area is 122 Å². The van der Waals surface area contributed by atoms with Crippen LogP contribution < -0.4 is 5.73 Å². The van der Waals surface area contributed by atoms with Crippen LogP contribution in [0.1, 0.15) is 5.56 Å². The van der Waals surface area contributed by atoms with Crippen molar-refractivity contribution in [2.24, 2.45) is 12.8 Å². The summed E-state index contributed by atoms with van der Waals surface area (Å²) >= 11 is 1.37. The van der Waals surface area contributed by atoms with Gasteiger partial charge in [0.05, 0.1) is 10.6 Å². The van der Waals surface area contributed by atoms with E-state index < -0.39 is 9.84 Å². The van der Waals surface area contributed by atoms with Gasteiger partial charge < -0.3 is 5.73 Å². The molecule has 0 unspecified atom stereocenters. The van der Waals surface area contributed by atoms with Gasteiger partial charge in [0.25, 0.3) is 0 Å². The van der Waals surface area contributed by atoms with E-state index in [4.69, 9.17) is 5.73 Å². The highest BCUT2D eigenvalue weighted by molar-refractivity contribution is 8.00. The van der Waals surface area contributed by atoms with Gasteiger partial charge in [-0.1, -0.05) is 23.9 Å². The lowest BCUT2D eigenvalue weighted by Crippen LogP contribution is -2.10. The van der Waals surface area contributed by atoms with Gasteiger partial charge in [-0.05, 0) is 17.7 Å². The molecule has 108 valence electrons. The number of sulfone groups is 1. The first-order chi connectivity index (χ1) is 9.53. The molecule has 1 aromatic carbocycles. The fourth-order valence-electron chi connectivity index (χ4n) is 1.64. The molecule has 1 aromatic heterocycles. The molecule has 0 spiro atoms. The highest BCUT2D eigenvalue weighted by atomic mass is 32.2. The third-order valence-electron chi connectivity index (χ3n) is 2.75. The second-order valence-electron chi connectivity index (χ2n) is 4.19. The largest absolute Gasteiger partial charge is 0.326 e. The van der Waals surface area contributed by atoms with Gasteiger partial charge in [0.15, 0.2) is 15.0 Å². The van der Waals surface area contributed by atoms with Gasteiger partial charge in [0.1, 0.15) is 6.33 Å². The van der Waals surface area contributed by atoms with E-state index in [1.807, 2.05) is 6.07 Å². The molecule has 2 N–H and O–H groups in total. The number of benzene rings is 1. The standard InChI is InChI=1S/C12H16N4O2S2/c1-16-12(14-9-15-16)19-5-6-20(17,18)11-4-2-3-10(7-11)8-13/h2-4,7,9H,5-6,8,13H2,1H3. The zero-order valence-electron chi connectivity index (χ0n) is 11.1. The second kappa shape index (κ2) is 6.38. The fourth-order valence-corrected chi connectivity index (χ4v) is 4.24. The molecule has 0 aliphatic carbocycles. The normalized spacial score (nSPS) is 11.7. The molecule has 0 aliphatic heterocycles. The Morgan fingerprint density at radius 1 is 1.40 bits per heavy atom. The van der Waals surface area contributed by atoms with E-state index in [0.717, 1.165) is 5.56 Å². The van der Waals surface area contributed by atoms with Crippen LogP contribution in [0.15, 0.2) is 40.6 Å². The maximum atomic E-state index is 12.2. The molecule has 0 amide bonds. The molecule has 0 atom stereocenters. The Morgan fingerprint density at radius 3 is 2.85 bits per heavy atom. The minimum atomic E-state index is -3.29. The van der Waals surface area contributed by atoms with Gasteiger partial charge in [-0.3, -0.25) is 0 Å². The zero-order chi connectivity index (χ0) is 14.6. The van der Waals surface area contributed by atoms with Crippen molar-refractivity contribution < 1.29 is 8.42 Å². The number of nitrogens with two attached hydrogens (primary N) is 1. The minimum Gasteiger partial charge on any atom is -0.326 e. The fraction of sp³-hybridized carbons (Fsp3) is 0.333. The molecule has 0 radical (unpaired) electrons. The van der Waals surface area contributed by atoms with Crippen molar-refractivity contribution in [1.29, 1.82) is 0 Å². The second-order valence-corrected chi connectivity index (χ2v) is 7.36. The van der Waals surface area contributed by atoms with Crippen LogP contribution in [0.2, 0.25) is 0 Å². The lowest BCUT2D eigenvalue weighted by atomic mass is 10.2. The summed E-state index contributed by atoms with van der Waals surface area (Å²) in [5, 5.41) is 4.64. The van der Waals surface area contributed by atoms with Gasteiger partial charge in [-0.25, -0.2) is 18.1 Å². The van der Waals surface area contributed by atoms with Crippen molar-refractivity contribution in [3.05, 3.63) is 36.2 Å². The van der Waals surface area contributed by atoms with Crippen molar-refractivity contribution in [1.82, 2.24) is 14.8 Å². The van der Waals surface area contributed by atoms with Gasteiger partial charge in [-0.2, -0.15) is 5.10 Å². The van der Waals surface area contributed by atoms with E-state index in [1.54, 1.807) is 29.9 Å². The first-order valence-corrected chi connectivity index (χ1v) is 8.65. The van der Waals surface area contributed by atoms with E-state index in [-0.39, 0.29) is 5.75 Å². The van der Waals surface area contributed by atoms with E-state index in [1.165, 1.54) is 18.1 Å². The number of thioether (sulfide) groups is 1. The third-order valence-corrected chi connectivity index (χ3v) is 5.75. The predicted molar refractivity (Wildman–Crippen MR) is 78.1 cm³/mol. The minimum absolute atomic E-state index is 0.0541. The number of hydrogen-bond donors (Lipinski definition) is 1. The molecule has 0 bridgehead atoms. The maximum absolute atomic E-state index is 12.2. The van der Waals surface area contributed by atoms with Crippen LogP contribution in [0.4, 0.5) is 0 Å². The lowest BCUT2D eigenvalue weighted by molar-refractivity contribution is 0.597. The van der Waals surface area contributed by atoms with Gasteiger partial charge >= 0.3 is 0 Å². The van der Waals surface area contributed by atoms with Crippen molar-refractivity contribution in [3.8, 4) is 0 Å². The molecule has 0 fully saturated rings. The Hall–Kier alpha value is -1.38. The summed E-state index contributed by atoms with van der Waals surface area (Å²) in [6, 6.07) is 6.75. The van der Waals surface area contributed by atoms with Crippen LogP contribution in [0, 0.1) is 0 Å². The summed E-state index contributed by atoms with van der Waals surface area (Å²) in [5.74, 6) is 0.486. The van der Waals surface area contributed by atoms with Gasteiger partial charge in [-0.15, -0.1) is 0 Å².